The fourth-order valence-corrected chi connectivity index (χ4v) is 1.62. The summed E-state index contributed by atoms with van der Waals surface area (Å²) >= 11 is 0. The molecule has 2 amide bonds. The van der Waals surface area contributed by atoms with Crippen LogP contribution in [0.1, 0.15) is 26.2 Å². The molecule has 110 valence electrons. The number of hydrogen-bond acceptors (Lipinski definition) is 2. The van der Waals surface area contributed by atoms with Gasteiger partial charge in [0.2, 0.25) is 0 Å². The largest absolute Gasteiger partial charge is 0.480 e. The lowest BCUT2D eigenvalue weighted by Gasteiger charge is -2.14. The van der Waals surface area contributed by atoms with Crippen molar-refractivity contribution in [3.05, 3.63) is 29.8 Å². The molecule has 0 spiro atoms. The van der Waals surface area contributed by atoms with Crippen LogP contribution < -0.4 is 10.6 Å². The number of rotatable bonds is 6. The van der Waals surface area contributed by atoms with E-state index in [-0.39, 0.29) is 12.1 Å². The molecule has 0 bridgehead atoms. The van der Waals surface area contributed by atoms with E-state index in [1.54, 1.807) is 0 Å². The van der Waals surface area contributed by atoms with Gasteiger partial charge in [0.15, 0.2) is 0 Å². The molecule has 0 aromatic heterocycles. The first kappa shape index (κ1) is 15.9. The van der Waals surface area contributed by atoms with Crippen molar-refractivity contribution in [2.24, 2.45) is 0 Å². The minimum absolute atomic E-state index is 0.0837. The number of carboxylic acid groups (broad SMARTS) is 1. The average molecular weight is 286 g/mol. The van der Waals surface area contributed by atoms with Crippen LogP contribution in [0.2, 0.25) is 0 Å². The number of carboxylic acids is 1. The molecule has 0 saturated heterocycles. The molecule has 0 aliphatic heterocycles. The molecule has 20 heavy (non-hydrogen) atoms. The number of hydrogen-bond donors (Lipinski definition) is 3. The predicted molar refractivity (Wildman–Crippen MR) is 69.5 cm³/mol. The van der Waals surface area contributed by atoms with Gasteiger partial charge in [0.25, 0.3) is 0 Å². The quantitative estimate of drug-likeness (QED) is 0.752. The molecule has 0 heterocycles. The van der Waals surface area contributed by atoms with Gasteiger partial charge >= 0.3 is 12.0 Å². The number of aliphatic carboxylic acids is 1. The van der Waals surface area contributed by atoms with Gasteiger partial charge < -0.3 is 15.7 Å². The van der Waals surface area contributed by atoms with Crippen molar-refractivity contribution in [1.29, 1.82) is 0 Å². The van der Waals surface area contributed by atoms with Gasteiger partial charge in [-0.1, -0.05) is 19.8 Å². The van der Waals surface area contributed by atoms with Gasteiger partial charge in [-0.05, 0) is 18.6 Å². The molecule has 7 heteroatoms. The SMILES string of the molecule is CCCC[C@H](NC(=O)Nc1cc(F)cc(F)c1)C(=O)O. The van der Waals surface area contributed by atoms with Crippen LogP contribution in [0.4, 0.5) is 19.3 Å². The Labute approximate surface area is 115 Å². The monoisotopic (exact) mass is 286 g/mol. The van der Waals surface area contributed by atoms with Gasteiger partial charge in [-0.25, -0.2) is 18.4 Å². The lowest BCUT2D eigenvalue weighted by Crippen LogP contribution is -2.43. The standard InChI is InChI=1S/C13H16F2N2O3/c1-2-3-4-11(12(18)19)17-13(20)16-10-6-8(14)5-9(15)7-10/h5-7,11H,2-4H2,1H3,(H,18,19)(H2,16,17,20)/t11-/m0/s1. The summed E-state index contributed by atoms with van der Waals surface area (Å²) in [5.74, 6) is -2.82. The van der Waals surface area contributed by atoms with Crippen molar-refractivity contribution in [3.8, 4) is 0 Å². The minimum Gasteiger partial charge on any atom is -0.480 e. The first-order chi connectivity index (χ1) is 9.42. The van der Waals surface area contributed by atoms with Crippen molar-refractivity contribution in [2.45, 2.75) is 32.2 Å². The number of urea groups is 1. The van der Waals surface area contributed by atoms with Crippen molar-refractivity contribution in [2.75, 3.05) is 5.32 Å². The molecule has 0 saturated carbocycles. The number of nitrogens with one attached hydrogen (secondary N) is 2. The van der Waals surface area contributed by atoms with E-state index >= 15 is 0 Å². The first-order valence-electron chi connectivity index (χ1n) is 6.18. The summed E-state index contributed by atoms with van der Waals surface area (Å²) in [4.78, 5) is 22.5. The summed E-state index contributed by atoms with van der Waals surface area (Å²) in [5, 5.41) is 13.4. The maximum Gasteiger partial charge on any atom is 0.326 e. The van der Waals surface area contributed by atoms with Gasteiger partial charge in [-0.3, -0.25) is 0 Å². The van der Waals surface area contributed by atoms with E-state index in [1.165, 1.54) is 0 Å². The zero-order valence-corrected chi connectivity index (χ0v) is 11.0. The number of unbranched alkanes of at least 4 members (excludes halogenated alkanes) is 1. The van der Waals surface area contributed by atoms with E-state index in [2.05, 4.69) is 10.6 Å². The minimum atomic E-state index is -1.15. The molecular formula is C13H16F2N2O3. The highest BCUT2D eigenvalue weighted by molar-refractivity contribution is 5.92. The third kappa shape index (κ3) is 5.21. The van der Waals surface area contributed by atoms with Crippen LogP contribution in [0.3, 0.4) is 0 Å². The predicted octanol–water partition coefficient (Wildman–Crippen LogP) is 2.73. The molecule has 1 rings (SSSR count). The molecule has 1 aromatic carbocycles. The first-order valence-corrected chi connectivity index (χ1v) is 6.18. The fraction of sp³-hybridized carbons (Fsp3) is 0.385. The molecule has 5 nitrogen and oxygen atoms in total. The maximum atomic E-state index is 12.9. The third-order valence-corrected chi connectivity index (χ3v) is 2.57. The molecule has 0 unspecified atom stereocenters. The Morgan fingerprint density at radius 3 is 2.35 bits per heavy atom. The molecule has 0 radical (unpaired) electrons. The second kappa shape index (κ2) is 7.42. The maximum absolute atomic E-state index is 12.9. The highest BCUT2D eigenvalue weighted by Crippen LogP contribution is 2.12. The summed E-state index contributed by atoms with van der Waals surface area (Å²) < 4.78 is 25.9. The lowest BCUT2D eigenvalue weighted by atomic mass is 10.1. The normalized spacial score (nSPS) is 11.8. The molecule has 1 aromatic rings. The van der Waals surface area contributed by atoms with Crippen LogP contribution in [0, 0.1) is 11.6 Å². The van der Waals surface area contributed by atoms with Gasteiger partial charge in [-0.15, -0.1) is 0 Å². The van der Waals surface area contributed by atoms with Crippen molar-refractivity contribution < 1.29 is 23.5 Å². The molecule has 0 fully saturated rings. The van der Waals surface area contributed by atoms with Crippen LogP contribution in [-0.4, -0.2) is 23.1 Å². The van der Waals surface area contributed by atoms with E-state index in [4.69, 9.17) is 5.11 Å². The fourth-order valence-electron chi connectivity index (χ4n) is 1.62. The Bertz CT molecular complexity index is 474. The Kier molecular flexibility index (Phi) is 5.89. The van der Waals surface area contributed by atoms with Gasteiger partial charge in [0.05, 0.1) is 0 Å². The molecule has 1 atom stereocenters. The summed E-state index contributed by atoms with van der Waals surface area (Å²) in [6.45, 7) is 1.90. The van der Waals surface area contributed by atoms with Crippen molar-refractivity contribution in [1.82, 2.24) is 5.32 Å². The summed E-state index contributed by atoms with van der Waals surface area (Å²) in [5.41, 5.74) is -0.0837. The second-order valence-electron chi connectivity index (χ2n) is 4.29. The van der Waals surface area contributed by atoms with Crippen LogP contribution in [-0.2, 0) is 4.79 Å². The number of halogens is 2. The van der Waals surface area contributed by atoms with E-state index in [0.29, 0.717) is 12.5 Å². The molecule has 0 aliphatic carbocycles. The lowest BCUT2D eigenvalue weighted by molar-refractivity contribution is -0.139. The van der Waals surface area contributed by atoms with Gasteiger partial charge in [0, 0.05) is 11.8 Å². The van der Waals surface area contributed by atoms with Gasteiger partial charge in [-0.2, -0.15) is 0 Å². The van der Waals surface area contributed by atoms with Crippen molar-refractivity contribution in [3.63, 3.8) is 0 Å². The van der Waals surface area contributed by atoms with E-state index < -0.39 is 29.7 Å². The highest BCUT2D eigenvalue weighted by Gasteiger charge is 2.19. The number of benzene rings is 1. The number of anilines is 1. The number of carbonyl (C=O) groups excluding carboxylic acids is 1. The average Bonchev–Trinajstić information content (AvgIpc) is 2.32. The second-order valence-corrected chi connectivity index (χ2v) is 4.29. The molecule has 3 N–H and O–H groups in total. The van der Waals surface area contributed by atoms with Crippen molar-refractivity contribution >= 4 is 17.7 Å². The smallest absolute Gasteiger partial charge is 0.326 e. The molecular weight excluding hydrogens is 270 g/mol. The zero-order chi connectivity index (χ0) is 15.1. The highest BCUT2D eigenvalue weighted by atomic mass is 19.1. The van der Waals surface area contributed by atoms with Crippen LogP contribution in [0.5, 0.6) is 0 Å². The van der Waals surface area contributed by atoms with Crippen LogP contribution >= 0.6 is 0 Å². The van der Waals surface area contributed by atoms with Crippen LogP contribution in [0.15, 0.2) is 18.2 Å². The summed E-state index contributed by atoms with van der Waals surface area (Å²) in [6.07, 6.45) is 1.73. The number of amides is 2. The topological polar surface area (TPSA) is 78.4 Å². The Morgan fingerprint density at radius 2 is 1.85 bits per heavy atom. The van der Waals surface area contributed by atoms with E-state index in [9.17, 15) is 18.4 Å². The van der Waals surface area contributed by atoms with E-state index in [1.807, 2.05) is 6.92 Å². The third-order valence-electron chi connectivity index (χ3n) is 2.57. The van der Waals surface area contributed by atoms with Gasteiger partial charge in [0.1, 0.15) is 17.7 Å². The number of carbonyl (C=O) groups is 2. The zero-order valence-electron chi connectivity index (χ0n) is 11.0. The Morgan fingerprint density at radius 1 is 1.25 bits per heavy atom. The Balaban J connectivity index is 2.63. The Hall–Kier alpha value is -2.18. The summed E-state index contributed by atoms with van der Waals surface area (Å²) in [6, 6.07) is 0.686. The van der Waals surface area contributed by atoms with E-state index in [0.717, 1.165) is 18.6 Å². The summed E-state index contributed by atoms with van der Waals surface area (Å²) in [7, 11) is 0. The van der Waals surface area contributed by atoms with Crippen LogP contribution in [0.25, 0.3) is 0 Å². The molecule has 0 aliphatic rings.